The van der Waals surface area contributed by atoms with Crippen molar-refractivity contribution in [1.82, 2.24) is 14.5 Å². The topological polar surface area (TPSA) is 68.1 Å². The molecule has 0 saturated carbocycles. The fourth-order valence-corrected chi connectivity index (χ4v) is 4.45. The quantitative estimate of drug-likeness (QED) is 0.733. The Morgan fingerprint density at radius 1 is 1.08 bits per heavy atom. The second-order valence-electron chi connectivity index (χ2n) is 5.78. The molecule has 2 aromatic heterocycles. The molecule has 6 nitrogen and oxygen atoms in total. The monoisotopic (exact) mass is 340 g/mol. The Labute approximate surface area is 140 Å². The molecule has 0 unspecified atom stereocenters. The lowest BCUT2D eigenvalue weighted by molar-refractivity contribution is 0.589. The molecule has 1 aromatic carbocycles. The first-order valence-electron chi connectivity index (χ1n) is 7.60. The number of benzene rings is 1. The second-order valence-corrected chi connectivity index (χ2v) is 7.59. The van der Waals surface area contributed by atoms with E-state index in [2.05, 4.69) is 16.0 Å². The first kappa shape index (κ1) is 14.9. The largest absolute Gasteiger partial charge is 0.339 e. The molecule has 0 bridgehead atoms. The fourth-order valence-electron chi connectivity index (χ4n) is 2.98. The number of rotatable bonds is 3. The van der Waals surface area contributed by atoms with Gasteiger partial charge in [-0.25, -0.2) is 4.98 Å². The normalized spacial score (nSPS) is 14.0. The van der Waals surface area contributed by atoms with E-state index in [9.17, 15) is 8.42 Å². The van der Waals surface area contributed by atoms with Crippen LogP contribution >= 0.6 is 0 Å². The first-order chi connectivity index (χ1) is 11.6. The molecule has 0 spiro atoms. The van der Waals surface area contributed by atoms with Crippen molar-refractivity contribution in [2.45, 2.75) is 11.4 Å². The molecule has 3 aromatic rings. The number of hydrogen-bond donors (Lipinski definition) is 0. The summed E-state index contributed by atoms with van der Waals surface area (Å²) in [5, 5.41) is 0.0797. The summed E-state index contributed by atoms with van der Waals surface area (Å²) in [6.45, 7) is 0.439. The number of aryl methyl sites for hydroxylation is 1. The van der Waals surface area contributed by atoms with Crippen molar-refractivity contribution < 1.29 is 8.42 Å². The maximum atomic E-state index is 12.8. The van der Waals surface area contributed by atoms with Gasteiger partial charge in [0, 0.05) is 32.2 Å². The van der Waals surface area contributed by atoms with Crippen molar-refractivity contribution in [2.24, 2.45) is 7.05 Å². The molecule has 1 aliphatic rings. The number of nitrogens with zero attached hydrogens (tertiary/aromatic N) is 4. The number of sulfonamides is 1. The van der Waals surface area contributed by atoms with Gasteiger partial charge in [-0.05, 0) is 47.4 Å². The Morgan fingerprint density at radius 2 is 1.88 bits per heavy atom. The van der Waals surface area contributed by atoms with Gasteiger partial charge in [0.05, 0.1) is 12.0 Å². The highest BCUT2D eigenvalue weighted by Crippen LogP contribution is 2.35. The van der Waals surface area contributed by atoms with Gasteiger partial charge in [0.25, 0.3) is 10.0 Å². The highest BCUT2D eigenvalue weighted by Gasteiger charge is 2.32. The minimum atomic E-state index is -3.62. The fraction of sp³-hybridized carbons (Fsp3) is 0.176. The zero-order valence-electron chi connectivity index (χ0n) is 13.1. The van der Waals surface area contributed by atoms with E-state index in [1.807, 2.05) is 24.3 Å². The maximum Gasteiger partial charge on any atom is 0.283 e. The lowest BCUT2D eigenvalue weighted by atomic mass is 10.0. The average Bonchev–Trinajstić information content (AvgIpc) is 3.22. The Kier molecular flexibility index (Phi) is 3.38. The lowest BCUT2D eigenvalue weighted by Crippen LogP contribution is -2.29. The summed E-state index contributed by atoms with van der Waals surface area (Å²) in [5.74, 6) is 0. The zero-order valence-corrected chi connectivity index (χ0v) is 13.9. The van der Waals surface area contributed by atoms with Crippen LogP contribution in [0, 0.1) is 0 Å². The SMILES string of the molecule is Cn1cnc(S(=O)(=O)N2CCc3cc(-c4ccncc4)ccc32)c1. The molecular formula is C17H16N4O2S. The van der Waals surface area contributed by atoms with Gasteiger partial charge in [0.15, 0.2) is 5.03 Å². The number of anilines is 1. The Hall–Kier alpha value is -2.67. The van der Waals surface area contributed by atoms with Crippen molar-refractivity contribution in [2.75, 3.05) is 10.8 Å². The smallest absolute Gasteiger partial charge is 0.283 e. The van der Waals surface area contributed by atoms with Crippen LogP contribution in [0.2, 0.25) is 0 Å². The van der Waals surface area contributed by atoms with Gasteiger partial charge in [0.1, 0.15) is 0 Å². The van der Waals surface area contributed by atoms with Crippen LogP contribution < -0.4 is 4.31 Å². The summed E-state index contributed by atoms with van der Waals surface area (Å²) >= 11 is 0. The highest BCUT2D eigenvalue weighted by atomic mass is 32.2. The van der Waals surface area contributed by atoms with E-state index >= 15 is 0 Å². The minimum Gasteiger partial charge on any atom is -0.339 e. The van der Waals surface area contributed by atoms with Gasteiger partial charge in [-0.1, -0.05) is 6.07 Å². The highest BCUT2D eigenvalue weighted by molar-refractivity contribution is 7.92. The summed E-state index contributed by atoms with van der Waals surface area (Å²) in [5.41, 5.74) is 3.90. The number of fused-ring (bicyclic) bond motifs is 1. The molecule has 122 valence electrons. The van der Waals surface area contributed by atoms with Crippen LogP contribution in [0.15, 0.2) is 60.3 Å². The Morgan fingerprint density at radius 3 is 2.58 bits per heavy atom. The van der Waals surface area contributed by atoms with E-state index in [0.717, 1.165) is 22.4 Å². The van der Waals surface area contributed by atoms with Crippen LogP contribution in [0.3, 0.4) is 0 Å². The van der Waals surface area contributed by atoms with Crippen LogP contribution in [0.1, 0.15) is 5.56 Å². The van der Waals surface area contributed by atoms with E-state index < -0.39 is 10.0 Å². The van der Waals surface area contributed by atoms with Crippen LogP contribution in [0.5, 0.6) is 0 Å². The summed E-state index contributed by atoms with van der Waals surface area (Å²) in [6, 6.07) is 9.76. The Bertz CT molecular complexity index is 996. The first-order valence-corrected chi connectivity index (χ1v) is 9.04. The predicted octanol–water partition coefficient (Wildman–Crippen LogP) is 2.23. The van der Waals surface area contributed by atoms with E-state index in [-0.39, 0.29) is 5.03 Å². The number of aromatic nitrogens is 3. The standard InChI is InChI=1S/C17H16N4O2S/c1-20-11-17(19-12-20)24(22,23)21-9-6-15-10-14(2-3-16(15)21)13-4-7-18-8-5-13/h2-5,7-8,10-12H,6,9H2,1H3. The van der Waals surface area contributed by atoms with Crippen molar-refractivity contribution in [3.05, 3.63) is 60.8 Å². The maximum absolute atomic E-state index is 12.8. The Balaban J connectivity index is 1.73. The molecule has 3 heterocycles. The third-order valence-corrected chi connectivity index (χ3v) is 5.88. The summed E-state index contributed by atoms with van der Waals surface area (Å²) in [7, 11) is -1.86. The zero-order chi connectivity index (χ0) is 16.7. The number of pyridine rings is 1. The third kappa shape index (κ3) is 2.37. The summed E-state index contributed by atoms with van der Waals surface area (Å²) in [4.78, 5) is 8.02. The van der Waals surface area contributed by atoms with Gasteiger partial charge in [0.2, 0.25) is 0 Å². The van der Waals surface area contributed by atoms with Gasteiger partial charge in [-0.2, -0.15) is 8.42 Å². The molecule has 0 radical (unpaired) electrons. The third-order valence-electron chi connectivity index (χ3n) is 4.18. The van der Waals surface area contributed by atoms with Gasteiger partial charge >= 0.3 is 0 Å². The molecule has 0 atom stereocenters. The van der Waals surface area contributed by atoms with Crippen molar-refractivity contribution in [3.8, 4) is 11.1 Å². The number of hydrogen-bond acceptors (Lipinski definition) is 4. The molecule has 7 heteroatoms. The van der Waals surface area contributed by atoms with E-state index in [4.69, 9.17) is 0 Å². The second kappa shape index (κ2) is 5.45. The summed E-state index contributed by atoms with van der Waals surface area (Å²) in [6.07, 6.45) is 7.22. The van der Waals surface area contributed by atoms with Crippen LogP contribution in [-0.4, -0.2) is 29.5 Å². The molecule has 0 saturated heterocycles. The molecule has 24 heavy (non-hydrogen) atoms. The van der Waals surface area contributed by atoms with E-state index in [1.54, 1.807) is 24.0 Å². The van der Waals surface area contributed by atoms with Crippen molar-refractivity contribution in [1.29, 1.82) is 0 Å². The van der Waals surface area contributed by atoms with Crippen molar-refractivity contribution in [3.63, 3.8) is 0 Å². The van der Waals surface area contributed by atoms with E-state index in [1.165, 1.54) is 16.8 Å². The molecule has 4 rings (SSSR count). The van der Waals surface area contributed by atoms with Gasteiger partial charge < -0.3 is 4.57 Å². The van der Waals surface area contributed by atoms with Crippen molar-refractivity contribution >= 4 is 15.7 Å². The molecular weight excluding hydrogens is 324 g/mol. The molecule has 0 fully saturated rings. The summed E-state index contributed by atoms with van der Waals surface area (Å²) < 4.78 is 28.7. The predicted molar refractivity (Wildman–Crippen MR) is 91.1 cm³/mol. The minimum absolute atomic E-state index is 0.0797. The van der Waals surface area contributed by atoms with Gasteiger partial charge in [-0.3, -0.25) is 9.29 Å². The van der Waals surface area contributed by atoms with E-state index in [0.29, 0.717) is 13.0 Å². The molecule has 0 N–H and O–H groups in total. The van der Waals surface area contributed by atoms with Gasteiger partial charge in [-0.15, -0.1) is 0 Å². The molecule has 0 amide bonds. The molecule has 1 aliphatic heterocycles. The van der Waals surface area contributed by atoms with Crippen LogP contribution in [0.4, 0.5) is 5.69 Å². The van der Waals surface area contributed by atoms with Crippen LogP contribution in [-0.2, 0) is 23.5 Å². The lowest BCUT2D eigenvalue weighted by Gasteiger charge is -2.18. The number of imidazole rings is 1. The molecule has 0 aliphatic carbocycles. The average molecular weight is 340 g/mol. The van der Waals surface area contributed by atoms with Crippen LogP contribution in [0.25, 0.3) is 11.1 Å².